The van der Waals surface area contributed by atoms with Gasteiger partial charge in [0.25, 0.3) is 0 Å². The average molecular weight is 530 g/mol. The highest BCUT2D eigenvalue weighted by Crippen LogP contribution is 2.45. The molecule has 11 heteroatoms. The lowest BCUT2D eigenvalue weighted by Gasteiger charge is -2.27. The normalized spacial score (nSPS) is 28.1. The Morgan fingerprint density at radius 3 is 2.28 bits per heavy atom. The van der Waals surface area contributed by atoms with Gasteiger partial charge in [0.15, 0.2) is 0 Å². The Bertz CT molecular complexity index is 1390. The summed E-state index contributed by atoms with van der Waals surface area (Å²) in [7, 11) is 0. The van der Waals surface area contributed by atoms with Crippen molar-refractivity contribution in [1.29, 1.82) is 0 Å². The average Bonchev–Trinajstić information content (AvgIpc) is 3.23. The summed E-state index contributed by atoms with van der Waals surface area (Å²) in [5.41, 5.74) is 3.15. The van der Waals surface area contributed by atoms with Gasteiger partial charge in [-0.3, -0.25) is 9.59 Å². The summed E-state index contributed by atoms with van der Waals surface area (Å²) in [6.45, 7) is 3.79. The molecular formula is C28H27N5O6. The van der Waals surface area contributed by atoms with Crippen LogP contribution in [0.15, 0.2) is 66.3 Å². The monoisotopic (exact) mass is 529 g/mol. The Morgan fingerprint density at radius 2 is 1.74 bits per heavy atom. The van der Waals surface area contributed by atoms with Crippen LogP contribution in [-0.2, 0) is 19.2 Å². The smallest absolute Gasteiger partial charge is 0.330 e. The molecule has 11 nitrogen and oxygen atoms in total. The second kappa shape index (κ2) is 9.26. The molecule has 2 aromatic carbocycles. The molecule has 39 heavy (non-hydrogen) atoms. The van der Waals surface area contributed by atoms with Gasteiger partial charge in [-0.05, 0) is 17.5 Å². The first-order chi connectivity index (χ1) is 18.8. The molecule has 0 aromatic heterocycles. The number of hydrogen-bond donors (Lipinski definition) is 4. The number of nitrogens with zero attached hydrogens (tertiary/aromatic N) is 2. The van der Waals surface area contributed by atoms with E-state index in [1.165, 1.54) is 11.0 Å². The molecule has 2 aliphatic carbocycles. The minimum Gasteiger partial charge on any atom is -0.479 e. The summed E-state index contributed by atoms with van der Waals surface area (Å²) in [4.78, 5) is 57.6. The number of hydrogen-bond acceptors (Lipinski definition) is 6. The van der Waals surface area contributed by atoms with Crippen LogP contribution in [0, 0.1) is 5.92 Å². The predicted octanol–water partition coefficient (Wildman–Crippen LogP) is 1.23. The number of benzene rings is 2. The number of aliphatic carboxylic acids is 1. The van der Waals surface area contributed by atoms with Gasteiger partial charge >= 0.3 is 12.0 Å². The van der Waals surface area contributed by atoms with Gasteiger partial charge in [-0.2, -0.15) is 0 Å². The van der Waals surface area contributed by atoms with Crippen LogP contribution in [0.1, 0.15) is 24.0 Å². The van der Waals surface area contributed by atoms with E-state index in [9.17, 15) is 24.3 Å². The molecule has 2 aromatic rings. The van der Waals surface area contributed by atoms with Crippen LogP contribution in [0.2, 0.25) is 0 Å². The minimum absolute atomic E-state index is 0.0499. The molecule has 2 aliphatic heterocycles. The van der Waals surface area contributed by atoms with E-state index >= 15 is 0 Å². The zero-order chi connectivity index (χ0) is 27.3. The van der Waals surface area contributed by atoms with Crippen molar-refractivity contribution < 1.29 is 29.1 Å². The first kappa shape index (κ1) is 24.7. The van der Waals surface area contributed by atoms with E-state index in [1.54, 1.807) is 0 Å². The van der Waals surface area contributed by atoms with Gasteiger partial charge in [-0.1, -0.05) is 59.8 Å². The van der Waals surface area contributed by atoms with Crippen molar-refractivity contribution in [2.45, 2.75) is 36.6 Å². The van der Waals surface area contributed by atoms with Crippen molar-refractivity contribution in [2.75, 3.05) is 13.1 Å². The molecule has 2 saturated heterocycles. The molecule has 4 N–H and O–H groups in total. The van der Waals surface area contributed by atoms with Gasteiger partial charge in [0, 0.05) is 30.0 Å². The van der Waals surface area contributed by atoms with Crippen molar-refractivity contribution >= 4 is 29.5 Å². The van der Waals surface area contributed by atoms with Gasteiger partial charge in [0.05, 0.1) is 6.54 Å². The Kier molecular flexibility index (Phi) is 5.86. The zero-order valence-electron chi connectivity index (χ0n) is 20.9. The molecule has 4 amide bonds. The van der Waals surface area contributed by atoms with Gasteiger partial charge in [-0.15, -0.1) is 6.58 Å². The number of carboxylic acid groups (broad SMARTS) is 1. The molecule has 0 spiro atoms. The van der Waals surface area contributed by atoms with Crippen LogP contribution in [0.3, 0.4) is 0 Å². The van der Waals surface area contributed by atoms with E-state index in [1.807, 2.05) is 48.5 Å². The quantitative estimate of drug-likeness (QED) is 0.267. The second-order valence-electron chi connectivity index (χ2n) is 10.2. The lowest BCUT2D eigenvalue weighted by molar-refractivity contribution is -0.145. The largest absolute Gasteiger partial charge is 0.479 e. The lowest BCUT2D eigenvalue weighted by Crippen LogP contribution is -2.55. The van der Waals surface area contributed by atoms with Gasteiger partial charge < -0.3 is 30.8 Å². The number of nitrogens with one attached hydrogen (secondary N) is 3. The van der Waals surface area contributed by atoms with Crippen LogP contribution in [0.25, 0.3) is 11.1 Å². The predicted molar refractivity (Wildman–Crippen MR) is 140 cm³/mol. The SMILES string of the molecule is C=C[C@@H]1C[C@]1(NC(=O)[C@@H]1C[C@@H](ON=C2c3ccccc3-c3ccccc32)CN1C(=O)[C@@H]1CNC(=O)N1)C(=O)O. The maximum atomic E-state index is 13.4. The Morgan fingerprint density at radius 1 is 1.10 bits per heavy atom. The van der Waals surface area contributed by atoms with E-state index in [-0.39, 0.29) is 25.9 Å². The fourth-order valence-electron chi connectivity index (χ4n) is 5.71. The first-order valence-electron chi connectivity index (χ1n) is 12.8. The van der Waals surface area contributed by atoms with Crippen LogP contribution in [0.5, 0.6) is 0 Å². The topological polar surface area (TPSA) is 149 Å². The maximum Gasteiger partial charge on any atom is 0.330 e. The third-order valence-corrected chi connectivity index (χ3v) is 7.89. The fourth-order valence-corrected chi connectivity index (χ4v) is 5.71. The van der Waals surface area contributed by atoms with Gasteiger partial charge in [-0.25, -0.2) is 9.59 Å². The second-order valence-corrected chi connectivity index (χ2v) is 10.2. The van der Waals surface area contributed by atoms with E-state index in [4.69, 9.17) is 4.84 Å². The highest BCUT2D eigenvalue weighted by molar-refractivity contribution is 6.24. The summed E-state index contributed by atoms with van der Waals surface area (Å²) in [6.07, 6.45) is 1.22. The molecule has 6 rings (SSSR count). The van der Waals surface area contributed by atoms with E-state index < -0.39 is 53.5 Å². The van der Waals surface area contributed by atoms with Crippen LogP contribution in [-0.4, -0.2) is 76.3 Å². The van der Waals surface area contributed by atoms with E-state index in [2.05, 4.69) is 27.7 Å². The number of rotatable bonds is 7. The van der Waals surface area contributed by atoms with Crippen molar-refractivity contribution in [1.82, 2.24) is 20.9 Å². The number of amides is 4. The van der Waals surface area contributed by atoms with Crippen molar-refractivity contribution in [2.24, 2.45) is 11.1 Å². The molecule has 3 fully saturated rings. The summed E-state index contributed by atoms with van der Waals surface area (Å²) in [6, 6.07) is 13.4. The zero-order valence-corrected chi connectivity index (χ0v) is 20.9. The number of oxime groups is 1. The van der Waals surface area contributed by atoms with Crippen molar-refractivity contribution in [3.8, 4) is 11.1 Å². The number of urea groups is 1. The Balaban J connectivity index is 1.25. The summed E-state index contributed by atoms with van der Waals surface area (Å²) in [5.74, 6) is -2.60. The summed E-state index contributed by atoms with van der Waals surface area (Å²) < 4.78 is 0. The maximum absolute atomic E-state index is 13.4. The number of carbonyl (C=O) groups is 4. The number of fused-ring (bicyclic) bond motifs is 3. The first-order valence-corrected chi connectivity index (χ1v) is 12.8. The summed E-state index contributed by atoms with van der Waals surface area (Å²) in [5, 5.41) is 22.0. The standard InChI is InChI=1S/C28H27N5O6/c1-2-15-12-28(15,26(36)37)31-24(34)22-11-16(14-33(22)25(35)21-13-29-27(38)30-21)39-32-23-19-9-5-3-7-17(19)18-8-4-6-10-20(18)23/h2-10,15-16,21-22H,1,11-14H2,(H,31,34)(H,36,37)(H2,29,30,38)/t15-,16-,21+,22+,28-/m1/s1. The van der Waals surface area contributed by atoms with Crippen molar-refractivity contribution in [3.63, 3.8) is 0 Å². The van der Waals surface area contributed by atoms with Crippen LogP contribution in [0.4, 0.5) is 4.79 Å². The molecule has 4 aliphatic rings. The molecule has 200 valence electrons. The van der Waals surface area contributed by atoms with E-state index in [0.29, 0.717) is 5.71 Å². The minimum atomic E-state index is -1.44. The number of carboxylic acids is 1. The lowest BCUT2D eigenvalue weighted by atomic mass is 10.1. The highest BCUT2D eigenvalue weighted by atomic mass is 16.6. The summed E-state index contributed by atoms with van der Waals surface area (Å²) >= 11 is 0. The molecule has 0 radical (unpaired) electrons. The van der Waals surface area contributed by atoms with Crippen LogP contribution < -0.4 is 16.0 Å². The molecule has 5 atom stereocenters. The number of carbonyl (C=O) groups excluding carboxylic acids is 3. The third-order valence-electron chi connectivity index (χ3n) is 7.89. The fraction of sp³-hybridized carbons (Fsp3) is 0.321. The molecule has 1 saturated carbocycles. The molecular weight excluding hydrogens is 502 g/mol. The van der Waals surface area contributed by atoms with Gasteiger partial charge in [0.2, 0.25) is 11.8 Å². The Hall–Kier alpha value is -4.67. The van der Waals surface area contributed by atoms with Crippen LogP contribution >= 0.6 is 0 Å². The highest BCUT2D eigenvalue weighted by Gasteiger charge is 2.61. The molecule has 2 heterocycles. The van der Waals surface area contributed by atoms with Crippen molar-refractivity contribution in [3.05, 3.63) is 72.3 Å². The Labute approximate surface area is 223 Å². The number of likely N-dealkylation sites (tertiary alicyclic amines) is 1. The third kappa shape index (κ3) is 4.10. The van der Waals surface area contributed by atoms with E-state index in [0.717, 1.165) is 22.3 Å². The molecule has 0 unspecified atom stereocenters. The molecule has 0 bridgehead atoms. The van der Waals surface area contributed by atoms with Gasteiger partial charge in [0.1, 0.15) is 29.4 Å².